The lowest BCUT2D eigenvalue weighted by Gasteiger charge is -2.20. The minimum Gasteiger partial charge on any atom is -0.393 e. The SMILES string of the molecule is CCC(O)C(C)c1ccccc1S(C)(=O)=O. The lowest BCUT2D eigenvalue weighted by molar-refractivity contribution is 0.144. The fraction of sp³-hybridized carbons (Fsp3) is 0.500. The van der Waals surface area contributed by atoms with E-state index in [4.69, 9.17) is 0 Å². The molecule has 2 atom stereocenters. The highest BCUT2D eigenvalue weighted by Crippen LogP contribution is 2.27. The molecule has 0 amide bonds. The minimum atomic E-state index is -3.23. The van der Waals surface area contributed by atoms with Gasteiger partial charge in [-0.25, -0.2) is 8.42 Å². The summed E-state index contributed by atoms with van der Waals surface area (Å²) in [5.74, 6) is -0.170. The number of aliphatic hydroxyl groups is 1. The average Bonchev–Trinajstić information content (AvgIpc) is 2.26. The largest absolute Gasteiger partial charge is 0.393 e. The highest BCUT2D eigenvalue weighted by Gasteiger charge is 2.21. The first-order chi connectivity index (χ1) is 7.38. The summed E-state index contributed by atoms with van der Waals surface area (Å²) >= 11 is 0. The molecule has 4 heteroatoms. The van der Waals surface area contributed by atoms with Gasteiger partial charge in [-0.1, -0.05) is 32.0 Å². The fourth-order valence-electron chi connectivity index (χ4n) is 1.76. The van der Waals surface area contributed by atoms with Crippen LogP contribution in [0, 0.1) is 0 Å². The van der Waals surface area contributed by atoms with Crippen LogP contribution in [-0.2, 0) is 9.84 Å². The van der Waals surface area contributed by atoms with Crippen molar-refractivity contribution >= 4 is 9.84 Å². The van der Waals surface area contributed by atoms with E-state index >= 15 is 0 Å². The molecule has 0 aliphatic heterocycles. The Bertz CT molecular complexity index is 451. The summed E-state index contributed by atoms with van der Waals surface area (Å²) in [5, 5.41) is 9.78. The van der Waals surface area contributed by atoms with E-state index in [-0.39, 0.29) is 5.92 Å². The van der Waals surface area contributed by atoms with Crippen LogP contribution >= 0.6 is 0 Å². The molecule has 0 spiro atoms. The number of sulfone groups is 1. The first kappa shape index (κ1) is 13.2. The summed E-state index contributed by atoms with van der Waals surface area (Å²) in [6, 6.07) is 6.84. The van der Waals surface area contributed by atoms with Crippen LogP contribution in [0.25, 0.3) is 0 Å². The van der Waals surface area contributed by atoms with Gasteiger partial charge in [0.2, 0.25) is 0 Å². The molecule has 0 heterocycles. The molecule has 1 rings (SSSR count). The predicted molar refractivity (Wildman–Crippen MR) is 64.3 cm³/mol. The van der Waals surface area contributed by atoms with Crippen molar-refractivity contribution < 1.29 is 13.5 Å². The van der Waals surface area contributed by atoms with Gasteiger partial charge in [0.1, 0.15) is 0 Å². The Morgan fingerprint density at radius 1 is 1.31 bits per heavy atom. The van der Waals surface area contributed by atoms with E-state index in [1.807, 2.05) is 13.8 Å². The van der Waals surface area contributed by atoms with E-state index in [1.165, 1.54) is 6.26 Å². The van der Waals surface area contributed by atoms with E-state index in [0.717, 1.165) is 0 Å². The molecule has 3 nitrogen and oxygen atoms in total. The van der Waals surface area contributed by atoms with Gasteiger partial charge in [-0.05, 0) is 18.1 Å². The lowest BCUT2D eigenvalue weighted by Crippen LogP contribution is -2.17. The maximum absolute atomic E-state index is 11.6. The number of hydrogen-bond donors (Lipinski definition) is 1. The lowest BCUT2D eigenvalue weighted by atomic mass is 9.94. The van der Waals surface area contributed by atoms with Crippen molar-refractivity contribution in [3.05, 3.63) is 29.8 Å². The Kier molecular flexibility index (Phi) is 4.10. The van der Waals surface area contributed by atoms with Crippen LogP contribution in [0.1, 0.15) is 31.7 Å². The van der Waals surface area contributed by atoms with Crippen molar-refractivity contribution in [2.75, 3.05) is 6.26 Å². The molecule has 1 aromatic rings. The van der Waals surface area contributed by atoms with Crippen LogP contribution in [0.5, 0.6) is 0 Å². The number of rotatable bonds is 4. The highest BCUT2D eigenvalue weighted by atomic mass is 32.2. The van der Waals surface area contributed by atoms with Gasteiger partial charge in [-0.2, -0.15) is 0 Å². The fourth-order valence-corrected chi connectivity index (χ4v) is 2.76. The van der Waals surface area contributed by atoms with E-state index in [2.05, 4.69) is 0 Å². The molecule has 0 aliphatic carbocycles. The molecule has 90 valence electrons. The van der Waals surface area contributed by atoms with E-state index in [9.17, 15) is 13.5 Å². The smallest absolute Gasteiger partial charge is 0.175 e. The summed E-state index contributed by atoms with van der Waals surface area (Å²) in [6.45, 7) is 3.72. The van der Waals surface area contributed by atoms with Crippen molar-refractivity contribution in [1.29, 1.82) is 0 Å². The Morgan fingerprint density at radius 3 is 2.38 bits per heavy atom. The second kappa shape index (κ2) is 4.97. The van der Waals surface area contributed by atoms with Gasteiger partial charge in [-0.3, -0.25) is 0 Å². The zero-order chi connectivity index (χ0) is 12.3. The van der Waals surface area contributed by atoms with Gasteiger partial charge in [0.15, 0.2) is 9.84 Å². The third-order valence-electron chi connectivity index (χ3n) is 2.80. The molecule has 1 N–H and O–H groups in total. The van der Waals surface area contributed by atoms with Crippen LogP contribution in [-0.4, -0.2) is 25.9 Å². The Balaban J connectivity index is 3.24. The molecule has 1 aromatic carbocycles. The first-order valence-electron chi connectivity index (χ1n) is 5.35. The normalized spacial score (nSPS) is 15.8. The third kappa shape index (κ3) is 2.83. The summed E-state index contributed by atoms with van der Waals surface area (Å²) in [4.78, 5) is 0.315. The highest BCUT2D eigenvalue weighted by molar-refractivity contribution is 7.90. The van der Waals surface area contributed by atoms with Crippen LogP contribution in [0.4, 0.5) is 0 Å². The number of aliphatic hydroxyl groups excluding tert-OH is 1. The second-order valence-electron chi connectivity index (χ2n) is 4.07. The van der Waals surface area contributed by atoms with E-state index in [1.54, 1.807) is 24.3 Å². The first-order valence-corrected chi connectivity index (χ1v) is 7.24. The van der Waals surface area contributed by atoms with E-state index < -0.39 is 15.9 Å². The molecular weight excluding hydrogens is 224 g/mol. The Labute approximate surface area is 97.0 Å². The van der Waals surface area contributed by atoms with Crippen LogP contribution in [0.3, 0.4) is 0 Å². The van der Waals surface area contributed by atoms with Crippen molar-refractivity contribution in [3.8, 4) is 0 Å². The summed E-state index contributed by atoms with van der Waals surface area (Å²) in [6.07, 6.45) is 1.29. The van der Waals surface area contributed by atoms with Crippen molar-refractivity contribution in [3.63, 3.8) is 0 Å². The van der Waals surface area contributed by atoms with Gasteiger partial charge >= 0.3 is 0 Å². The van der Waals surface area contributed by atoms with Crippen LogP contribution in [0.2, 0.25) is 0 Å². The van der Waals surface area contributed by atoms with Gasteiger partial charge in [0, 0.05) is 12.2 Å². The topological polar surface area (TPSA) is 54.4 Å². The molecule has 0 bridgehead atoms. The molecule has 0 aromatic heterocycles. The monoisotopic (exact) mass is 242 g/mol. The maximum Gasteiger partial charge on any atom is 0.175 e. The second-order valence-corrected chi connectivity index (χ2v) is 6.06. The number of hydrogen-bond acceptors (Lipinski definition) is 3. The van der Waals surface area contributed by atoms with Gasteiger partial charge in [-0.15, -0.1) is 0 Å². The van der Waals surface area contributed by atoms with Gasteiger partial charge in [0.05, 0.1) is 11.0 Å². The quantitative estimate of drug-likeness (QED) is 0.878. The number of benzene rings is 1. The Morgan fingerprint density at radius 2 is 1.88 bits per heavy atom. The minimum absolute atomic E-state index is 0.170. The van der Waals surface area contributed by atoms with Gasteiger partial charge < -0.3 is 5.11 Å². The predicted octanol–water partition coefficient (Wildman–Crippen LogP) is 1.96. The summed E-state index contributed by atoms with van der Waals surface area (Å²) in [5.41, 5.74) is 0.694. The summed E-state index contributed by atoms with van der Waals surface area (Å²) in [7, 11) is -3.23. The van der Waals surface area contributed by atoms with E-state index in [0.29, 0.717) is 16.9 Å². The van der Waals surface area contributed by atoms with Crippen molar-refractivity contribution in [2.24, 2.45) is 0 Å². The summed E-state index contributed by atoms with van der Waals surface area (Å²) < 4.78 is 23.2. The zero-order valence-corrected chi connectivity index (χ0v) is 10.7. The molecule has 0 saturated carbocycles. The molecule has 2 unspecified atom stereocenters. The van der Waals surface area contributed by atoms with Crippen molar-refractivity contribution in [2.45, 2.75) is 37.2 Å². The van der Waals surface area contributed by atoms with Crippen molar-refractivity contribution in [1.82, 2.24) is 0 Å². The molecule has 16 heavy (non-hydrogen) atoms. The standard InChI is InChI=1S/C12H18O3S/c1-4-11(13)9(2)10-7-5-6-8-12(10)16(3,14)15/h5-9,11,13H,4H2,1-3H3. The maximum atomic E-state index is 11.6. The van der Waals surface area contributed by atoms with Crippen LogP contribution < -0.4 is 0 Å². The van der Waals surface area contributed by atoms with Gasteiger partial charge in [0.25, 0.3) is 0 Å². The molecular formula is C12H18O3S. The molecule has 0 aliphatic rings. The Hall–Kier alpha value is -0.870. The molecule has 0 saturated heterocycles. The molecule has 0 radical (unpaired) electrons. The zero-order valence-electron chi connectivity index (χ0n) is 9.84. The average molecular weight is 242 g/mol. The molecule has 0 fully saturated rings. The van der Waals surface area contributed by atoms with Crippen LogP contribution in [0.15, 0.2) is 29.2 Å². The third-order valence-corrected chi connectivity index (χ3v) is 3.98.